The van der Waals surface area contributed by atoms with Crippen LogP contribution in [-0.2, 0) is 4.79 Å². The fourth-order valence-corrected chi connectivity index (χ4v) is 2.78. The molecule has 0 unspecified atom stereocenters. The highest BCUT2D eigenvalue weighted by atomic mass is 32.2. The van der Waals surface area contributed by atoms with Gasteiger partial charge in [-0.2, -0.15) is 0 Å². The lowest BCUT2D eigenvalue weighted by molar-refractivity contribution is -0.133. The van der Waals surface area contributed by atoms with E-state index in [1.165, 1.54) is 17.4 Å². The molecule has 0 radical (unpaired) electrons. The van der Waals surface area contributed by atoms with Crippen LogP contribution in [0.25, 0.3) is 0 Å². The predicted octanol–water partition coefficient (Wildman–Crippen LogP) is 2.91. The second kappa shape index (κ2) is 5.98. The van der Waals surface area contributed by atoms with Crippen LogP contribution in [0.4, 0.5) is 15.2 Å². The van der Waals surface area contributed by atoms with Gasteiger partial charge in [-0.05, 0) is 19.1 Å². The van der Waals surface area contributed by atoms with Crippen molar-refractivity contribution in [3.05, 3.63) is 29.6 Å². The fraction of sp³-hybridized carbons (Fsp3) is 0.182. The topological polar surface area (TPSA) is 75.1 Å². The van der Waals surface area contributed by atoms with Gasteiger partial charge in [0.15, 0.2) is 4.34 Å². The highest BCUT2D eigenvalue weighted by Crippen LogP contribution is 2.29. The maximum absolute atomic E-state index is 13.4. The number of thioether (sulfide) groups is 1. The number of benzene rings is 1. The van der Waals surface area contributed by atoms with E-state index in [2.05, 4.69) is 15.5 Å². The van der Waals surface area contributed by atoms with Gasteiger partial charge in [-0.1, -0.05) is 29.2 Å². The third kappa shape index (κ3) is 3.65. The van der Waals surface area contributed by atoms with Crippen molar-refractivity contribution < 1.29 is 14.3 Å². The molecule has 0 spiro atoms. The Hall–Kier alpha value is -1.67. The Labute approximate surface area is 116 Å². The molecule has 0 aliphatic carbocycles. The molecule has 1 aromatic heterocycles. The van der Waals surface area contributed by atoms with Crippen molar-refractivity contribution in [2.75, 3.05) is 11.1 Å². The number of anilines is 2. The molecule has 0 atom stereocenters. The number of halogens is 1. The second-order valence-electron chi connectivity index (χ2n) is 3.59. The summed E-state index contributed by atoms with van der Waals surface area (Å²) in [6, 6.07) is 4.73. The molecular weight excluding hydrogens is 289 g/mol. The maximum Gasteiger partial charge on any atom is 0.313 e. The molecule has 0 aliphatic rings. The van der Waals surface area contributed by atoms with Crippen LogP contribution in [0, 0.1) is 12.7 Å². The monoisotopic (exact) mass is 299 g/mol. The minimum absolute atomic E-state index is 0.0619. The molecule has 0 saturated carbocycles. The van der Waals surface area contributed by atoms with E-state index in [1.807, 2.05) is 0 Å². The van der Waals surface area contributed by atoms with Crippen LogP contribution in [0.2, 0.25) is 0 Å². The second-order valence-corrected chi connectivity index (χ2v) is 5.79. The molecule has 5 nitrogen and oxygen atoms in total. The van der Waals surface area contributed by atoms with E-state index in [1.54, 1.807) is 19.1 Å². The molecule has 0 amide bonds. The molecular formula is C11H10FN3O2S2. The Morgan fingerprint density at radius 2 is 2.32 bits per heavy atom. The molecule has 2 rings (SSSR count). The van der Waals surface area contributed by atoms with Gasteiger partial charge in [-0.3, -0.25) is 4.79 Å². The van der Waals surface area contributed by atoms with Crippen LogP contribution < -0.4 is 5.32 Å². The first kappa shape index (κ1) is 13.8. The number of nitrogens with one attached hydrogen (secondary N) is 1. The number of carboxylic acids is 1. The molecule has 0 bridgehead atoms. The zero-order valence-corrected chi connectivity index (χ0v) is 11.5. The third-order valence-electron chi connectivity index (χ3n) is 2.23. The standard InChI is InChI=1S/C11H10FN3O2S2/c1-6-7(12)3-2-4-8(6)13-10-14-15-11(19-10)18-5-9(16)17/h2-4H,5H2,1H3,(H,13,14)(H,16,17). The lowest BCUT2D eigenvalue weighted by Crippen LogP contribution is -1.96. The van der Waals surface area contributed by atoms with E-state index in [-0.39, 0.29) is 11.6 Å². The van der Waals surface area contributed by atoms with E-state index in [0.29, 0.717) is 20.7 Å². The molecule has 1 aromatic carbocycles. The van der Waals surface area contributed by atoms with Gasteiger partial charge in [-0.25, -0.2) is 4.39 Å². The van der Waals surface area contributed by atoms with E-state index in [9.17, 15) is 9.18 Å². The molecule has 0 saturated heterocycles. The Balaban J connectivity index is 2.07. The van der Waals surface area contributed by atoms with E-state index in [0.717, 1.165) is 11.8 Å². The van der Waals surface area contributed by atoms with Gasteiger partial charge in [0.2, 0.25) is 5.13 Å². The quantitative estimate of drug-likeness (QED) is 0.827. The summed E-state index contributed by atoms with van der Waals surface area (Å²) in [5, 5.41) is 19.8. The van der Waals surface area contributed by atoms with Gasteiger partial charge in [0.1, 0.15) is 5.82 Å². The fourth-order valence-electron chi connectivity index (χ4n) is 1.30. The van der Waals surface area contributed by atoms with Crippen LogP contribution in [0.1, 0.15) is 5.56 Å². The lowest BCUT2D eigenvalue weighted by atomic mass is 10.2. The van der Waals surface area contributed by atoms with E-state index in [4.69, 9.17) is 5.11 Å². The first-order valence-electron chi connectivity index (χ1n) is 5.26. The number of carboxylic acid groups (broad SMARTS) is 1. The van der Waals surface area contributed by atoms with Crippen molar-refractivity contribution in [2.24, 2.45) is 0 Å². The first-order chi connectivity index (χ1) is 9.06. The SMILES string of the molecule is Cc1c(F)cccc1Nc1nnc(SCC(=O)O)s1. The molecule has 8 heteroatoms. The number of hydrogen-bond acceptors (Lipinski definition) is 6. The van der Waals surface area contributed by atoms with Crippen LogP contribution >= 0.6 is 23.1 Å². The smallest absolute Gasteiger partial charge is 0.313 e. The van der Waals surface area contributed by atoms with Gasteiger partial charge < -0.3 is 10.4 Å². The number of rotatable bonds is 5. The Morgan fingerprint density at radius 1 is 1.53 bits per heavy atom. The van der Waals surface area contributed by atoms with E-state index >= 15 is 0 Å². The molecule has 19 heavy (non-hydrogen) atoms. The highest BCUT2D eigenvalue weighted by molar-refractivity contribution is 8.01. The molecule has 2 N–H and O–H groups in total. The minimum atomic E-state index is -0.907. The molecule has 0 fully saturated rings. The average molecular weight is 299 g/mol. The maximum atomic E-state index is 13.4. The first-order valence-corrected chi connectivity index (χ1v) is 7.06. The summed E-state index contributed by atoms with van der Waals surface area (Å²) in [6.45, 7) is 1.67. The zero-order valence-electron chi connectivity index (χ0n) is 9.88. The van der Waals surface area contributed by atoms with Gasteiger partial charge >= 0.3 is 5.97 Å². The van der Waals surface area contributed by atoms with Crippen molar-refractivity contribution in [3.8, 4) is 0 Å². The Bertz CT molecular complexity index is 603. The number of carbonyl (C=O) groups is 1. The highest BCUT2D eigenvalue weighted by Gasteiger charge is 2.09. The van der Waals surface area contributed by atoms with Gasteiger partial charge in [-0.15, -0.1) is 10.2 Å². The van der Waals surface area contributed by atoms with Gasteiger partial charge in [0, 0.05) is 11.3 Å². The zero-order chi connectivity index (χ0) is 13.8. The summed E-state index contributed by atoms with van der Waals surface area (Å²) in [4.78, 5) is 10.4. The lowest BCUT2D eigenvalue weighted by Gasteiger charge is -2.06. The van der Waals surface area contributed by atoms with Crippen molar-refractivity contribution in [3.63, 3.8) is 0 Å². The van der Waals surface area contributed by atoms with Crippen molar-refractivity contribution >= 4 is 39.9 Å². The average Bonchev–Trinajstić information content (AvgIpc) is 2.80. The molecule has 2 aromatic rings. The van der Waals surface area contributed by atoms with Crippen LogP contribution in [0.3, 0.4) is 0 Å². The molecule has 100 valence electrons. The predicted molar refractivity (Wildman–Crippen MR) is 72.7 cm³/mol. The van der Waals surface area contributed by atoms with Crippen molar-refractivity contribution in [1.29, 1.82) is 0 Å². The number of aliphatic carboxylic acids is 1. The van der Waals surface area contributed by atoms with Gasteiger partial charge in [0.05, 0.1) is 5.75 Å². The minimum Gasteiger partial charge on any atom is -0.481 e. The summed E-state index contributed by atoms with van der Waals surface area (Å²) in [5.74, 6) is -1.26. The van der Waals surface area contributed by atoms with Crippen LogP contribution in [0.5, 0.6) is 0 Å². The summed E-state index contributed by atoms with van der Waals surface area (Å²) >= 11 is 2.33. The Kier molecular flexibility index (Phi) is 4.33. The summed E-state index contributed by atoms with van der Waals surface area (Å²) in [6.07, 6.45) is 0. The van der Waals surface area contributed by atoms with Crippen LogP contribution in [-0.4, -0.2) is 27.0 Å². The third-order valence-corrected chi connectivity index (χ3v) is 4.19. The Morgan fingerprint density at radius 3 is 3.05 bits per heavy atom. The number of aromatic nitrogens is 2. The van der Waals surface area contributed by atoms with Crippen molar-refractivity contribution in [2.45, 2.75) is 11.3 Å². The van der Waals surface area contributed by atoms with E-state index < -0.39 is 5.97 Å². The number of nitrogens with zero attached hydrogens (tertiary/aromatic N) is 2. The summed E-state index contributed by atoms with van der Waals surface area (Å²) < 4.78 is 13.9. The molecule has 0 aliphatic heterocycles. The summed E-state index contributed by atoms with van der Waals surface area (Å²) in [5.41, 5.74) is 1.11. The van der Waals surface area contributed by atoms with Gasteiger partial charge in [0.25, 0.3) is 0 Å². The van der Waals surface area contributed by atoms with Crippen LogP contribution in [0.15, 0.2) is 22.5 Å². The molecule has 1 heterocycles. The van der Waals surface area contributed by atoms with Crippen molar-refractivity contribution in [1.82, 2.24) is 10.2 Å². The number of hydrogen-bond donors (Lipinski definition) is 2. The largest absolute Gasteiger partial charge is 0.481 e. The normalized spacial score (nSPS) is 10.4. The summed E-state index contributed by atoms with van der Waals surface area (Å²) in [7, 11) is 0.